The fraction of sp³-hybridized carbons (Fsp3) is 0.667. The van der Waals surface area contributed by atoms with Gasteiger partial charge in [-0.25, -0.2) is 4.79 Å². The van der Waals surface area contributed by atoms with Crippen LogP contribution >= 0.6 is 0 Å². The number of amides is 9. The first-order valence-electron chi connectivity index (χ1n) is 24.8. The summed E-state index contributed by atoms with van der Waals surface area (Å²) >= 11 is 0. The second-order valence-corrected chi connectivity index (χ2v) is 19.4. The molecule has 4 rings (SSSR count). The number of phenolic OH excluding ortho intramolecular Hbond substituents is 1. The first kappa shape index (κ1) is 57.2. The van der Waals surface area contributed by atoms with E-state index in [4.69, 9.17) is 11.5 Å². The van der Waals surface area contributed by atoms with Crippen LogP contribution in [0.5, 0.6) is 5.75 Å². The molecule has 23 heteroatoms. The van der Waals surface area contributed by atoms with Gasteiger partial charge in [0.25, 0.3) is 0 Å². The maximum atomic E-state index is 14.2. The van der Waals surface area contributed by atoms with E-state index < -0.39 is 114 Å². The SMILES string of the molecule is CC(C)[C@H](NC(=O)[C@H](CCCCN)NC(=O)[C@H](C)NC(=O)[C@H](CCC(N)=O)NC(=O)[C@@H]1CCCN1C(=O)[C@@H](NC(=O)[C@@H]1CCCN1)C(C)C)C(=O)N1CCC[C@H]1C(=O)N[C@@H](Cc1ccc(O)cc1)C(=O)O. The molecular formula is C48H75N11O12. The third-order valence-corrected chi connectivity index (χ3v) is 13.1. The molecule has 3 heterocycles. The number of likely N-dealkylation sites (tertiary alicyclic amines) is 2. The number of primary amides is 1. The highest BCUT2D eigenvalue weighted by Gasteiger charge is 2.42. The Morgan fingerprint density at radius 2 is 1.18 bits per heavy atom. The van der Waals surface area contributed by atoms with Crippen molar-refractivity contribution < 1.29 is 58.2 Å². The van der Waals surface area contributed by atoms with Crippen LogP contribution in [0.4, 0.5) is 0 Å². The number of aromatic hydroxyl groups is 1. The summed E-state index contributed by atoms with van der Waals surface area (Å²) in [6.07, 6.45) is 3.22. The molecule has 0 radical (unpaired) electrons. The van der Waals surface area contributed by atoms with Crippen LogP contribution in [-0.2, 0) is 54.4 Å². The zero-order chi connectivity index (χ0) is 52.5. The molecule has 13 N–H and O–H groups in total. The number of benzene rings is 1. The summed E-state index contributed by atoms with van der Waals surface area (Å²) in [6.45, 7) is 9.68. The molecule has 71 heavy (non-hydrogen) atoms. The van der Waals surface area contributed by atoms with Gasteiger partial charge in [-0.1, -0.05) is 39.8 Å². The van der Waals surface area contributed by atoms with Gasteiger partial charge in [0.1, 0.15) is 54.1 Å². The van der Waals surface area contributed by atoms with Crippen LogP contribution in [0, 0.1) is 11.8 Å². The molecule has 0 spiro atoms. The number of carboxylic acids is 1. The lowest BCUT2D eigenvalue weighted by Gasteiger charge is -2.32. The normalized spacial score (nSPS) is 20.3. The molecule has 0 bridgehead atoms. The first-order chi connectivity index (χ1) is 33.6. The Bertz CT molecular complexity index is 2060. The minimum Gasteiger partial charge on any atom is -0.508 e. The fourth-order valence-corrected chi connectivity index (χ4v) is 9.00. The van der Waals surface area contributed by atoms with Crippen molar-refractivity contribution in [1.29, 1.82) is 0 Å². The van der Waals surface area contributed by atoms with Crippen LogP contribution < -0.4 is 48.7 Å². The van der Waals surface area contributed by atoms with Crippen molar-refractivity contribution in [2.24, 2.45) is 23.3 Å². The van der Waals surface area contributed by atoms with Crippen LogP contribution in [0.3, 0.4) is 0 Å². The van der Waals surface area contributed by atoms with Crippen LogP contribution in [0.15, 0.2) is 24.3 Å². The predicted molar refractivity (Wildman–Crippen MR) is 258 cm³/mol. The Labute approximate surface area is 414 Å². The number of nitrogens with two attached hydrogens (primary N) is 2. The van der Waals surface area contributed by atoms with E-state index in [1.807, 2.05) is 0 Å². The average molecular weight is 998 g/mol. The number of nitrogens with one attached hydrogen (secondary N) is 7. The van der Waals surface area contributed by atoms with Gasteiger partial charge in [-0.2, -0.15) is 0 Å². The smallest absolute Gasteiger partial charge is 0.326 e. The molecule has 9 atom stereocenters. The van der Waals surface area contributed by atoms with Crippen molar-refractivity contribution in [3.63, 3.8) is 0 Å². The molecule has 1 aromatic carbocycles. The minimum atomic E-state index is -1.37. The summed E-state index contributed by atoms with van der Waals surface area (Å²) in [4.78, 5) is 137. The first-order valence-corrected chi connectivity index (χ1v) is 24.8. The molecule has 0 aliphatic carbocycles. The van der Waals surface area contributed by atoms with E-state index in [1.54, 1.807) is 27.7 Å². The number of phenols is 1. The van der Waals surface area contributed by atoms with E-state index in [1.165, 1.54) is 41.0 Å². The summed E-state index contributed by atoms with van der Waals surface area (Å²) in [7, 11) is 0. The maximum absolute atomic E-state index is 14.2. The summed E-state index contributed by atoms with van der Waals surface area (Å²) in [6, 6.07) is -3.89. The van der Waals surface area contributed by atoms with Gasteiger partial charge in [-0.3, -0.25) is 43.2 Å². The third kappa shape index (κ3) is 16.6. The van der Waals surface area contributed by atoms with Gasteiger partial charge in [0.15, 0.2) is 0 Å². The standard InChI is InChI=1S/C48H75N11O12/c1-26(2)38(56-41(63)31-12-8-22-51-31)46(68)58-23-9-13-35(58)44(66)54-33(19-20-37(50)61)42(64)52-28(5)40(62)53-32(11-6-7-21-49)43(65)57-39(27(3)4)47(69)59-24-10-14-36(59)45(67)55-34(48(70)71)25-29-15-17-30(60)18-16-29/h15-18,26-28,31-36,38-39,51,60H,6-14,19-25,49H2,1-5H3,(H2,50,61)(H,52,64)(H,53,62)(H,54,66)(H,55,67)(H,56,63)(H,57,65)(H,70,71)/t28-,31-,32-,33-,34-,35-,36-,38-,39-/m0/s1. The van der Waals surface area contributed by atoms with Gasteiger partial charge in [0, 0.05) is 25.9 Å². The molecule has 3 aliphatic heterocycles. The summed E-state index contributed by atoms with van der Waals surface area (Å²) < 4.78 is 0. The fourth-order valence-electron chi connectivity index (χ4n) is 9.00. The second kappa shape index (κ2) is 27.3. The van der Waals surface area contributed by atoms with Crippen molar-refractivity contribution in [3.05, 3.63) is 29.8 Å². The van der Waals surface area contributed by atoms with E-state index in [9.17, 15) is 58.2 Å². The highest BCUT2D eigenvalue weighted by atomic mass is 16.4. The Hall–Kier alpha value is -6.36. The summed E-state index contributed by atoms with van der Waals surface area (Å²) in [5.41, 5.74) is 11.7. The van der Waals surface area contributed by atoms with Crippen molar-refractivity contribution in [2.75, 3.05) is 26.2 Å². The molecule has 9 amide bonds. The van der Waals surface area contributed by atoms with E-state index in [0.717, 1.165) is 6.42 Å². The van der Waals surface area contributed by atoms with Crippen molar-refractivity contribution in [2.45, 2.75) is 166 Å². The van der Waals surface area contributed by atoms with E-state index >= 15 is 0 Å². The number of carbonyl (C=O) groups excluding carboxylic acids is 9. The minimum absolute atomic E-state index is 0.00636. The van der Waals surface area contributed by atoms with Crippen LogP contribution in [0.25, 0.3) is 0 Å². The van der Waals surface area contributed by atoms with E-state index in [-0.39, 0.29) is 75.7 Å². The topological polar surface area (TPSA) is 354 Å². The molecular weight excluding hydrogens is 923 g/mol. The molecule has 0 aromatic heterocycles. The molecule has 1 aromatic rings. The molecule has 394 valence electrons. The van der Waals surface area contributed by atoms with Crippen LogP contribution in [-0.4, -0.2) is 160 Å². The highest BCUT2D eigenvalue weighted by molar-refractivity contribution is 5.98. The molecule has 3 aliphatic rings. The van der Waals surface area contributed by atoms with E-state index in [2.05, 4.69) is 37.2 Å². The van der Waals surface area contributed by atoms with Crippen molar-refractivity contribution in [3.8, 4) is 5.75 Å². The molecule has 0 unspecified atom stereocenters. The van der Waals surface area contributed by atoms with E-state index in [0.29, 0.717) is 44.2 Å². The van der Waals surface area contributed by atoms with Gasteiger partial charge in [-0.05, 0) is 114 Å². The monoisotopic (exact) mass is 998 g/mol. The van der Waals surface area contributed by atoms with Crippen LogP contribution in [0.1, 0.15) is 111 Å². The van der Waals surface area contributed by atoms with Crippen molar-refractivity contribution >= 4 is 59.1 Å². The average Bonchev–Trinajstić information content (AvgIpc) is 4.14. The number of unbranched alkanes of at least 4 members (excludes halogenated alkanes) is 1. The number of aliphatic carboxylic acids is 1. The Kier molecular flexibility index (Phi) is 22.0. The third-order valence-electron chi connectivity index (χ3n) is 13.1. The number of nitrogens with zero attached hydrogens (tertiary/aromatic N) is 2. The second-order valence-electron chi connectivity index (χ2n) is 19.4. The lowest BCUT2D eigenvalue weighted by atomic mass is 10.00. The van der Waals surface area contributed by atoms with Gasteiger partial charge in [-0.15, -0.1) is 0 Å². The van der Waals surface area contributed by atoms with Crippen molar-refractivity contribution in [1.82, 2.24) is 47.0 Å². The van der Waals surface area contributed by atoms with Crippen LogP contribution in [0.2, 0.25) is 0 Å². The Morgan fingerprint density at radius 1 is 0.648 bits per heavy atom. The number of carboxylic acid groups (broad SMARTS) is 1. The zero-order valence-corrected chi connectivity index (χ0v) is 41.5. The number of hydrogen-bond acceptors (Lipinski definition) is 13. The summed E-state index contributed by atoms with van der Waals surface area (Å²) in [5, 5.41) is 38.6. The Morgan fingerprint density at radius 3 is 1.69 bits per heavy atom. The summed E-state index contributed by atoms with van der Waals surface area (Å²) in [5.74, 6) is -7.92. The number of carbonyl (C=O) groups is 10. The molecule has 3 saturated heterocycles. The number of hydrogen-bond donors (Lipinski definition) is 11. The Balaban J connectivity index is 1.42. The largest absolute Gasteiger partial charge is 0.508 e. The number of rotatable bonds is 26. The van der Waals surface area contributed by atoms with Gasteiger partial charge >= 0.3 is 5.97 Å². The lowest BCUT2D eigenvalue weighted by Crippen LogP contribution is -2.60. The van der Waals surface area contributed by atoms with Gasteiger partial charge in [0.05, 0.1) is 6.04 Å². The molecule has 3 fully saturated rings. The van der Waals surface area contributed by atoms with Gasteiger partial charge < -0.3 is 68.7 Å². The zero-order valence-electron chi connectivity index (χ0n) is 41.5. The van der Waals surface area contributed by atoms with Gasteiger partial charge in [0.2, 0.25) is 53.2 Å². The quantitative estimate of drug-likeness (QED) is 0.0466. The lowest BCUT2D eigenvalue weighted by molar-refractivity contribution is -0.145. The molecule has 0 saturated carbocycles. The highest BCUT2D eigenvalue weighted by Crippen LogP contribution is 2.23. The predicted octanol–water partition coefficient (Wildman–Crippen LogP) is -1.61. The maximum Gasteiger partial charge on any atom is 0.326 e. The molecule has 23 nitrogen and oxygen atoms in total.